The van der Waals surface area contributed by atoms with E-state index in [2.05, 4.69) is 20.9 Å². The lowest BCUT2D eigenvalue weighted by Gasteiger charge is -2.14. The van der Waals surface area contributed by atoms with Gasteiger partial charge in [0.15, 0.2) is 5.69 Å². The second kappa shape index (κ2) is 5.97. The molecule has 0 spiro atoms. The molecule has 0 fully saturated rings. The molecule has 0 radical (unpaired) electrons. The summed E-state index contributed by atoms with van der Waals surface area (Å²) in [6, 6.07) is 5.14. The molecule has 0 aliphatic carbocycles. The molecular weight excluding hydrogens is 346 g/mol. The van der Waals surface area contributed by atoms with E-state index in [0.717, 1.165) is 5.39 Å². The highest BCUT2D eigenvalue weighted by atomic mass is 79.9. The molecule has 0 aliphatic heterocycles. The van der Waals surface area contributed by atoms with Gasteiger partial charge in [-0.05, 0) is 41.9 Å². The number of benzene rings is 1. The first-order valence-corrected chi connectivity index (χ1v) is 7.15. The lowest BCUT2D eigenvalue weighted by molar-refractivity contribution is 0.0593. The van der Waals surface area contributed by atoms with Crippen molar-refractivity contribution in [3.8, 4) is 5.75 Å². The van der Waals surface area contributed by atoms with Gasteiger partial charge >= 0.3 is 5.97 Å². The van der Waals surface area contributed by atoms with E-state index in [-0.39, 0.29) is 11.8 Å². The summed E-state index contributed by atoms with van der Waals surface area (Å²) in [5, 5.41) is 1.30. The fraction of sp³-hybridized carbons (Fsp3) is 0.286. The molecule has 0 N–H and O–H groups in total. The zero-order valence-corrected chi connectivity index (χ0v) is 13.6. The molecule has 2 aromatic rings. The van der Waals surface area contributed by atoms with Gasteiger partial charge < -0.3 is 9.47 Å². The van der Waals surface area contributed by atoms with Crippen molar-refractivity contribution >= 4 is 44.4 Å². The summed E-state index contributed by atoms with van der Waals surface area (Å²) in [5.74, 6) is 0.0511. The Bertz CT molecular complexity index is 673. The number of aromatic nitrogens is 1. The molecule has 20 heavy (non-hydrogen) atoms. The number of fused-ring (bicyclic) bond motifs is 1. The van der Waals surface area contributed by atoms with E-state index in [9.17, 15) is 4.79 Å². The largest absolute Gasteiger partial charge is 0.490 e. The standard InChI is InChI=1S/C14H13BrClNO3/c1-7(2)20-11-6-10(14(18)19-3)17-13-8(11)4-5-9(16)12(13)15/h4-7H,1-3H3. The Morgan fingerprint density at radius 3 is 2.70 bits per heavy atom. The Morgan fingerprint density at radius 2 is 2.10 bits per heavy atom. The predicted molar refractivity (Wildman–Crippen MR) is 81.6 cm³/mol. The fourth-order valence-electron chi connectivity index (χ4n) is 1.76. The maximum Gasteiger partial charge on any atom is 0.356 e. The van der Waals surface area contributed by atoms with E-state index in [0.29, 0.717) is 20.8 Å². The van der Waals surface area contributed by atoms with E-state index in [1.54, 1.807) is 12.1 Å². The fourth-order valence-corrected chi connectivity index (χ4v) is 2.35. The number of hydrogen-bond donors (Lipinski definition) is 0. The van der Waals surface area contributed by atoms with Crippen molar-refractivity contribution in [1.29, 1.82) is 0 Å². The topological polar surface area (TPSA) is 48.4 Å². The molecule has 1 aromatic heterocycles. The molecule has 1 heterocycles. The first-order valence-electron chi connectivity index (χ1n) is 5.97. The second-order valence-corrected chi connectivity index (χ2v) is 5.62. The third-order valence-corrected chi connectivity index (χ3v) is 3.94. The summed E-state index contributed by atoms with van der Waals surface area (Å²) in [6.07, 6.45) is -0.0273. The summed E-state index contributed by atoms with van der Waals surface area (Å²) in [6.45, 7) is 3.82. The highest BCUT2D eigenvalue weighted by molar-refractivity contribution is 9.10. The smallest absolute Gasteiger partial charge is 0.356 e. The van der Waals surface area contributed by atoms with Gasteiger partial charge in [-0.25, -0.2) is 9.78 Å². The molecule has 0 bridgehead atoms. The van der Waals surface area contributed by atoms with Crippen LogP contribution in [0.3, 0.4) is 0 Å². The van der Waals surface area contributed by atoms with Gasteiger partial charge in [-0.2, -0.15) is 0 Å². The zero-order valence-electron chi connectivity index (χ0n) is 11.2. The Labute approximate surface area is 130 Å². The molecule has 0 unspecified atom stereocenters. The first kappa shape index (κ1) is 15.1. The summed E-state index contributed by atoms with van der Waals surface area (Å²) < 4.78 is 11.1. The summed E-state index contributed by atoms with van der Waals surface area (Å²) in [5.41, 5.74) is 0.745. The van der Waals surface area contributed by atoms with Crippen molar-refractivity contribution in [3.63, 3.8) is 0 Å². The van der Waals surface area contributed by atoms with Gasteiger partial charge in [0, 0.05) is 11.5 Å². The second-order valence-electron chi connectivity index (χ2n) is 4.42. The number of pyridine rings is 1. The van der Waals surface area contributed by atoms with Crippen molar-refractivity contribution in [2.45, 2.75) is 20.0 Å². The summed E-state index contributed by atoms with van der Waals surface area (Å²) >= 11 is 9.45. The molecule has 0 saturated carbocycles. The number of carbonyl (C=O) groups is 1. The van der Waals surface area contributed by atoms with Crippen molar-refractivity contribution < 1.29 is 14.3 Å². The Morgan fingerprint density at radius 1 is 1.40 bits per heavy atom. The number of hydrogen-bond acceptors (Lipinski definition) is 4. The normalized spacial score (nSPS) is 10.9. The first-order chi connectivity index (χ1) is 9.43. The maximum absolute atomic E-state index is 11.7. The van der Waals surface area contributed by atoms with E-state index in [1.165, 1.54) is 7.11 Å². The van der Waals surface area contributed by atoms with Crippen molar-refractivity contribution in [2.24, 2.45) is 0 Å². The Kier molecular flexibility index (Phi) is 4.50. The van der Waals surface area contributed by atoms with Gasteiger partial charge in [0.25, 0.3) is 0 Å². The minimum Gasteiger partial charge on any atom is -0.490 e. The molecular formula is C14H13BrClNO3. The van der Waals surface area contributed by atoms with E-state index < -0.39 is 5.97 Å². The average molecular weight is 359 g/mol. The van der Waals surface area contributed by atoms with E-state index >= 15 is 0 Å². The van der Waals surface area contributed by atoms with Crippen molar-refractivity contribution in [1.82, 2.24) is 4.98 Å². The molecule has 0 saturated heterocycles. The minimum absolute atomic E-state index is 0.0273. The zero-order chi connectivity index (χ0) is 14.9. The molecule has 2 rings (SSSR count). The van der Waals surface area contributed by atoms with Gasteiger partial charge in [0.05, 0.1) is 28.2 Å². The van der Waals surface area contributed by atoms with Gasteiger partial charge in [0.1, 0.15) is 5.75 Å². The molecule has 0 amide bonds. The number of nitrogens with zero attached hydrogens (tertiary/aromatic N) is 1. The average Bonchev–Trinajstić information content (AvgIpc) is 2.41. The molecule has 1 aromatic carbocycles. The van der Waals surface area contributed by atoms with Crippen LogP contribution in [0.2, 0.25) is 5.02 Å². The lowest BCUT2D eigenvalue weighted by atomic mass is 10.1. The van der Waals surface area contributed by atoms with Gasteiger partial charge in [-0.1, -0.05) is 11.6 Å². The maximum atomic E-state index is 11.7. The minimum atomic E-state index is -0.521. The van der Waals surface area contributed by atoms with E-state index in [1.807, 2.05) is 19.9 Å². The van der Waals surface area contributed by atoms with Crippen LogP contribution in [0.4, 0.5) is 0 Å². The Balaban J connectivity index is 2.74. The quantitative estimate of drug-likeness (QED) is 0.771. The van der Waals surface area contributed by atoms with Crippen LogP contribution in [0.5, 0.6) is 5.75 Å². The van der Waals surface area contributed by atoms with Crippen LogP contribution in [0, 0.1) is 0 Å². The number of rotatable bonds is 3. The van der Waals surface area contributed by atoms with Gasteiger partial charge in [-0.15, -0.1) is 0 Å². The highest BCUT2D eigenvalue weighted by Crippen LogP contribution is 2.35. The van der Waals surface area contributed by atoms with Crippen LogP contribution in [-0.4, -0.2) is 24.2 Å². The number of esters is 1. The lowest BCUT2D eigenvalue weighted by Crippen LogP contribution is -2.09. The third-order valence-electron chi connectivity index (χ3n) is 2.59. The molecule has 106 valence electrons. The summed E-state index contributed by atoms with van der Waals surface area (Å²) in [4.78, 5) is 16.0. The van der Waals surface area contributed by atoms with Crippen LogP contribution in [-0.2, 0) is 4.74 Å². The highest BCUT2D eigenvalue weighted by Gasteiger charge is 2.16. The number of ether oxygens (including phenoxy) is 2. The Hall–Kier alpha value is -1.33. The van der Waals surface area contributed by atoms with Crippen LogP contribution < -0.4 is 4.74 Å². The predicted octanol–water partition coefficient (Wildman–Crippen LogP) is 4.22. The van der Waals surface area contributed by atoms with Crippen molar-refractivity contribution in [3.05, 3.63) is 33.4 Å². The third kappa shape index (κ3) is 2.88. The van der Waals surface area contributed by atoms with Crippen LogP contribution in [0.1, 0.15) is 24.3 Å². The molecule has 0 atom stereocenters. The van der Waals surface area contributed by atoms with Crippen molar-refractivity contribution in [2.75, 3.05) is 7.11 Å². The van der Waals surface area contributed by atoms with Crippen LogP contribution in [0.15, 0.2) is 22.7 Å². The van der Waals surface area contributed by atoms with Gasteiger partial charge in [-0.3, -0.25) is 0 Å². The summed E-state index contributed by atoms with van der Waals surface area (Å²) in [7, 11) is 1.31. The van der Waals surface area contributed by atoms with Crippen LogP contribution >= 0.6 is 27.5 Å². The van der Waals surface area contributed by atoms with E-state index in [4.69, 9.17) is 21.1 Å². The SMILES string of the molecule is COC(=O)c1cc(OC(C)C)c2ccc(Cl)c(Br)c2n1. The van der Waals surface area contributed by atoms with Gasteiger partial charge in [0.2, 0.25) is 0 Å². The molecule has 0 aliphatic rings. The number of halogens is 2. The number of methoxy groups -OCH3 is 1. The van der Waals surface area contributed by atoms with Crippen LogP contribution in [0.25, 0.3) is 10.9 Å². The number of carbonyl (C=O) groups excluding carboxylic acids is 1. The molecule has 4 nitrogen and oxygen atoms in total. The monoisotopic (exact) mass is 357 g/mol. The molecule has 6 heteroatoms.